The molecule has 0 radical (unpaired) electrons. The van der Waals surface area contributed by atoms with Gasteiger partial charge in [-0.3, -0.25) is 14.7 Å². The van der Waals surface area contributed by atoms with Crippen molar-refractivity contribution in [1.82, 2.24) is 25.2 Å². The van der Waals surface area contributed by atoms with Gasteiger partial charge in [0.25, 0.3) is 0 Å². The Morgan fingerprint density at radius 3 is 2.30 bits per heavy atom. The number of carbonyl (C=O) groups is 1. The zero-order chi connectivity index (χ0) is 51.8. The summed E-state index contributed by atoms with van der Waals surface area (Å²) in [4.78, 5) is 27.9. The van der Waals surface area contributed by atoms with Gasteiger partial charge in [0.2, 0.25) is 11.8 Å². The average Bonchev–Trinajstić information content (AvgIpc) is 3.42. The Hall–Kier alpha value is -6.96. The third-order valence-electron chi connectivity index (χ3n) is 14.1. The summed E-state index contributed by atoms with van der Waals surface area (Å²) in [6, 6.07) is 27.3. The molecule has 3 aromatic heterocycles. The van der Waals surface area contributed by atoms with E-state index in [0.717, 1.165) is 58.4 Å². The number of benzene rings is 3. The SMILES string of the molecule is CCNCc1nc(C2CCc3ccc([C@H](O)[C@H](C)CO)cc3O2)ccc1-c1cc(OC)nc(CCN(CC)Cc2cc(C3CCc4ccc(C[C@H](C)C(=O)O)cc4O3)ccc2-c2cc(OC)ncc2C#N)c1F. The van der Waals surface area contributed by atoms with Gasteiger partial charge in [-0.25, -0.2) is 14.4 Å². The fourth-order valence-electron chi connectivity index (χ4n) is 9.69. The first kappa shape index (κ1) is 52.4. The van der Waals surface area contributed by atoms with Crippen LogP contribution in [0, 0.1) is 29.0 Å². The Labute approximate surface area is 426 Å². The molecule has 0 spiro atoms. The van der Waals surface area contributed by atoms with Crippen LogP contribution in [0.25, 0.3) is 22.3 Å². The molecule has 3 aromatic carbocycles. The van der Waals surface area contributed by atoms with E-state index in [4.69, 9.17) is 23.9 Å². The Balaban J connectivity index is 1.07. The molecule has 2 aliphatic heterocycles. The highest BCUT2D eigenvalue weighted by Crippen LogP contribution is 2.41. The highest BCUT2D eigenvalue weighted by molar-refractivity contribution is 5.74. The van der Waals surface area contributed by atoms with Gasteiger partial charge in [-0.1, -0.05) is 76.2 Å². The van der Waals surface area contributed by atoms with Crippen LogP contribution in [0.1, 0.15) is 115 Å². The van der Waals surface area contributed by atoms with Gasteiger partial charge in [0.1, 0.15) is 29.8 Å². The number of carboxylic acid groups (broad SMARTS) is 1. The predicted octanol–water partition coefficient (Wildman–Crippen LogP) is 9.47. The lowest BCUT2D eigenvalue weighted by molar-refractivity contribution is -0.141. The summed E-state index contributed by atoms with van der Waals surface area (Å²) in [7, 11) is 3.06. The van der Waals surface area contributed by atoms with Crippen molar-refractivity contribution >= 4 is 5.97 Å². The maximum Gasteiger partial charge on any atom is 0.306 e. The third kappa shape index (κ3) is 12.0. The number of nitrogens with one attached hydrogen (secondary N) is 1. The molecule has 0 saturated heterocycles. The number of ether oxygens (including phenoxy) is 4. The first-order chi connectivity index (χ1) is 35.3. The molecule has 14 nitrogen and oxygen atoms in total. The number of halogens is 1. The molecule has 15 heteroatoms. The summed E-state index contributed by atoms with van der Waals surface area (Å²) < 4.78 is 41.6. The molecule has 0 amide bonds. The summed E-state index contributed by atoms with van der Waals surface area (Å²) in [5.41, 5.74) is 10.0. The van der Waals surface area contributed by atoms with Crippen LogP contribution >= 0.6 is 0 Å². The Morgan fingerprint density at radius 1 is 0.877 bits per heavy atom. The number of aryl methyl sites for hydroxylation is 2. The summed E-state index contributed by atoms with van der Waals surface area (Å²) >= 11 is 0. The number of nitrogens with zero attached hydrogens (tertiary/aromatic N) is 5. The summed E-state index contributed by atoms with van der Waals surface area (Å²) in [6.07, 6.45) is 3.65. The zero-order valence-corrected chi connectivity index (χ0v) is 42.5. The highest BCUT2D eigenvalue weighted by Gasteiger charge is 2.28. The summed E-state index contributed by atoms with van der Waals surface area (Å²) in [5.74, 6) is -0.101. The minimum atomic E-state index is -0.845. The van der Waals surface area contributed by atoms with Crippen molar-refractivity contribution in [1.29, 1.82) is 5.26 Å². The molecule has 5 atom stereocenters. The monoisotopic (exact) mass is 992 g/mol. The molecule has 0 aliphatic carbocycles. The lowest BCUT2D eigenvalue weighted by atomic mass is 9.90. The van der Waals surface area contributed by atoms with Gasteiger partial charge >= 0.3 is 5.97 Å². The molecular formula is C58H65FN6O8. The second kappa shape index (κ2) is 23.7. The van der Waals surface area contributed by atoms with E-state index in [0.29, 0.717) is 96.4 Å². The van der Waals surface area contributed by atoms with Crippen molar-refractivity contribution in [3.8, 4) is 51.6 Å². The van der Waals surface area contributed by atoms with Crippen LogP contribution in [0.15, 0.2) is 85.1 Å². The standard InChI is InChI=1S/C58H65FN6O8/c1-7-61-31-49-44(17-18-47(63-49)51-20-15-38-11-12-40(26-53(38)73-51)57(67)35(4)33-66)46-28-55(71-6)64-48(56(46)59)21-22-65(8-2)32-41-25-39(13-16-43(41)45-27-54(70-5)62-30-42(45)29-60)50-19-14-37-10-9-36(24-52(37)72-50)23-34(3)58(68)69/h9-13,16-18,24-28,30,34-35,50-51,57,61,66-67H,7-8,14-15,19-23,31-33H2,1-6H3,(H,68,69)/t34-,35+,50?,51?,57+/m0/s1. The fraction of sp³-hybridized carbons (Fsp3) is 0.397. The van der Waals surface area contributed by atoms with Gasteiger partial charge in [-0.15, -0.1) is 0 Å². The largest absolute Gasteiger partial charge is 0.485 e. The lowest BCUT2D eigenvalue weighted by Crippen LogP contribution is -2.26. The number of aliphatic carboxylic acids is 1. The number of pyridine rings is 3. The van der Waals surface area contributed by atoms with Crippen LogP contribution in [0.5, 0.6) is 23.3 Å². The van der Waals surface area contributed by atoms with E-state index in [9.17, 15) is 25.4 Å². The Bertz CT molecular complexity index is 2980. The predicted molar refractivity (Wildman–Crippen MR) is 275 cm³/mol. The van der Waals surface area contributed by atoms with Crippen molar-refractivity contribution < 1.29 is 43.5 Å². The molecule has 8 rings (SSSR count). The molecule has 6 aromatic rings. The number of nitriles is 1. The van der Waals surface area contributed by atoms with E-state index in [1.54, 1.807) is 26.0 Å². The third-order valence-corrected chi connectivity index (χ3v) is 14.1. The quantitative estimate of drug-likeness (QED) is 0.0533. The number of methoxy groups -OCH3 is 2. The van der Waals surface area contributed by atoms with E-state index >= 15 is 4.39 Å². The van der Waals surface area contributed by atoms with Crippen molar-refractivity contribution in [2.75, 3.05) is 40.5 Å². The number of rotatable bonds is 21. The first-order valence-corrected chi connectivity index (χ1v) is 25.2. The molecule has 2 aliphatic rings. The fourth-order valence-corrected chi connectivity index (χ4v) is 9.69. The lowest BCUT2D eigenvalue weighted by Gasteiger charge is -2.29. The number of aliphatic hydroxyl groups excluding tert-OH is 2. The maximum atomic E-state index is 17.2. The minimum absolute atomic E-state index is 0.141. The number of carboxylic acids is 1. The average molecular weight is 993 g/mol. The molecule has 0 fully saturated rings. The first-order valence-electron chi connectivity index (χ1n) is 25.2. The molecule has 2 unspecified atom stereocenters. The van der Waals surface area contributed by atoms with E-state index in [1.807, 2.05) is 67.6 Å². The molecule has 0 bridgehead atoms. The smallest absolute Gasteiger partial charge is 0.306 e. The Kier molecular flexibility index (Phi) is 17.0. The van der Waals surface area contributed by atoms with Crippen molar-refractivity contribution in [2.24, 2.45) is 11.8 Å². The molecule has 4 N–H and O–H groups in total. The van der Waals surface area contributed by atoms with Crippen LogP contribution in [-0.2, 0) is 43.6 Å². The second-order valence-corrected chi connectivity index (χ2v) is 19.1. The molecule has 73 heavy (non-hydrogen) atoms. The second-order valence-electron chi connectivity index (χ2n) is 19.1. The van der Waals surface area contributed by atoms with Crippen molar-refractivity contribution in [3.05, 3.63) is 147 Å². The molecule has 382 valence electrons. The topological polar surface area (TPSA) is 192 Å². The van der Waals surface area contributed by atoms with Crippen molar-refractivity contribution in [2.45, 2.75) is 97.6 Å². The molecule has 5 heterocycles. The van der Waals surface area contributed by atoms with Gasteiger partial charge in [0.15, 0.2) is 5.82 Å². The number of fused-ring (bicyclic) bond motifs is 2. The zero-order valence-electron chi connectivity index (χ0n) is 42.5. The highest BCUT2D eigenvalue weighted by atomic mass is 19.1. The molecular weight excluding hydrogens is 928 g/mol. The molecule has 0 saturated carbocycles. The van der Waals surface area contributed by atoms with Crippen LogP contribution in [0.4, 0.5) is 4.39 Å². The van der Waals surface area contributed by atoms with Gasteiger partial charge in [-0.2, -0.15) is 5.26 Å². The van der Waals surface area contributed by atoms with Crippen LogP contribution in [-0.4, -0.2) is 81.6 Å². The van der Waals surface area contributed by atoms with E-state index in [-0.39, 0.29) is 42.7 Å². The van der Waals surface area contributed by atoms with Gasteiger partial charge in [0, 0.05) is 73.6 Å². The van der Waals surface area contributed by atoms with Crippen LogP contribution in [0.2, 0.25) is 0 Å². The number of likely N-dealkylation sites (N-methyl/N-ethyl adjacent to an activating group) is 1. The summed E-state index contributed by atoms with van der Waals surface area (Å²) in [6.45, 7) is 9.97. The van der Waals surface area contributed by atoms with Gasteiger partial charge in [0.05, 0.1) is 48.9 Å². The normalized spacial score (nSPS) is 16.3. The number of hydrogen-bond acceptors (Lipinski definition) is 13. The minimum Gasteiger partial charge on any atom is -0.485 e. The van der Waals surface area contributed by atoms with Gasteiger partial charge in [-0.05, 0) is 102 Å². The maximum absolute atomic E-state index is 17.2. The summed E-state index contributed by atoms with van der Waals surface area (Å²) in [5, 5.41) is 43.6. The van der Waals surface area contributed by atoms with Crippen LogP contribution < -0.4 is 24.3 Å². The van der Waals surface area contributed by atoms with E-state index < -0.39 is 23.8 Å². The van der Waals surface area contributed by atoms with Gasteiger partial charge < -0.3 is 39.6 Å². The van der Waals surface area contributed by atoms with E-state index in [1.165, 1.54) is 20.4 Å². The number of aromatic nitrogens is 3. The van der Waals surface area contributed by atoms with E-state index in [2.05, 4.69) is 39.2 Å². The number of hydrogen-bond donors (Lipinski definition) is 4. The number of aliphatic hydroxyl groups is 2. The van der Waals surface area contributed by atoms with Crippen molar-refractivity contribution in [3.63, 3.8) is 0 Å². The van der Waals surface area contributed by atoms with Crippen LogP contribution in [0.3, 0.4) is 0 Å². The Morgan fingerprint density at radius 2 is 1.59 bits per heavy atom.